The van der Waals surface area contributed by atoms with Crippen molar-refractivity contribution in [2.75, 3.05) is 6.54 Å². The van der Waals surface area contributed by atoms with Gasteiger partial charge in [0, 0.05) is 31.5 Å². The number of hydrogen-bond acceptors (Lipinski definition) is 4. The largest absolute Gasteiger partial charge is 0.355 e. The molecule has 0 unspecified atom stereocenters. The summed E-state index contributed by atoms with van der Waals surface area (Å²) in [7, 11) is 0. The normalized spacial score (nSPS) is 10.6. The van der Waals surface area contributed by atoms with Crippen LogP contribution in [0.15, 0.2) is 53.6 Å². The number of aromatic nitrogens is 3. The molecule has 0 aliphatic carbocycles. The van der Waals surface area contributed by atoms with E-state index in [9.17, 15) is 9.18 Å². The number of nitrogens with one attached hydrogen (secondary N) is 1. The highest BCUT2D eigenvalue weighted by Crippen LogP contribution is 2.23. The smallest absolute Gasteiger partial charge is 0.273 e. The second-order valence-electron chi connectivity index (χ2n) is 4.61. The molecule has 0 radical (unpaired) electrons. The van der Waals surface area contributed by atoms with Gasteiger partial charge in [-0.15, -0.1) is 0 Å². The molecule has 0 saturated carbocycles. The number of nitrogens with zero attached hydrogens (tertiary/aromatic N) is 3. The maximum absolute atomic E-state index is 13.6. The lowest BCUT2D eigenvalue weighted by Crippen LogP contribution is -2.27. The number of imidazole rings is 1. The average molecular weight is 300 g/mol. The van der Waals surface area contributed by atoms with Crippen LogP contribution in [0.4, 0.5) is 4.39 Å². The molecule has 0 aliphatic rings. The molecule has 0 bridgehead atoms. The Bertz CT molecular complexity index is 767. The van der Waals surface area contributed by atoms with Gasteiger partial charge in [-0.1, -0.05) is 17.3 Å². The number of rotatable bonds is 5. The molecule has 0 spiro atoms. The van der Waals surface area contributed by atoms with Crippen LogP contribution in [0, 0.1) is 5.82 Å². The van der Waals surface area contributed by atoms with Crippen LogP contribution < -0.4 is 5.32 Å². The van der Waals surface area contributed by atoms with Crippen LogP contribution >= 0.6 is 0 Å². The van der Waals surface area contributed by atoms with E-state index in [1.54, 1.807) is 36.9 Å². The van der Waals surface area contributed by atoms with Crippen LogP contribution in [0.5, 0.6) is 0 Å². The summed E-state index contributed by atoms with van der Waals surface area (Å²) in [6.07, 6.45) is 5.14. The number of amides is 1. The summed E-state index contributed by atoms with van der Waals surface area (Å²) in [6, 6.07) is 7.58. The molecule has 1 aromatic carbocycles. The van der Waals surface area contributed by atoms with Crippen LogP contribution in [0.25, 0.3) is 11.3 Å². The van der Waals surface area contributed by atoms with Crippen LogP contribution in [-0.4, -0.2) is 27.2 Å². The number of hydrogen-bond donors (Lipinski definition) is 1. The average Bonchev–Trinajstić information content (AvgIpc) is 3.19. The molecule has 6 nitrogen and oxygen atoms in total. The van der Waals surface area contributed by atoms with Crippen molar-refractivity contribution in [1.82, 2.24) is 20.0 Å². The standard InChI is InChI=1S/C15H13FN4O2/c16-12-4-2-1-3-11(12)14-9-13(19-22-14)15(21)18-6-8-20-7-5-17-10-20/h1-5,7,9-10H,6,8H2,(H,18,21). The Balaban J connectivity index is 1.63. The van der Waals surface area contributed by atoms with Gasteiger partial charge in [0.05, 0.1) is 11.9 Å². The Labute approximate surface area is 125 Å². The van der Waals surface area contributed by atoms with Gasteiger partial charge in [0.2, 0.25) is 0 Å². The number of carbonyl (C=O) groups excluding carboxylic acids is 1. The molecule has 0 fully saturated rings. The van der Waals surface area contributed by atoms with Gasteiger partial charge in [0.1, 0.15) is 5.82 Å². The van der Waals surface area contributed by atoms with Crippen molar-refractivity contribution >= 4 is 5.91 Å². The third kappa shape index (κ3) is 3.03. The Morgan fingerprint density at radius 2 is 2.23 bits per heavy atom. The summed E-state index contributed by atoms with van der Waals surface area (Å²) in [4.78, 5) is 15.9. The molecule has 7 heteroatoms. The Morgan fingerprint density at radius 3 is 3.00 bits per heavy atom. The van der Waals surface area contributed by atoms with Crippen molar-refractivity contribution in [2.24, 2.45) is 0 Å². The zero-order valence-corrected chi connectivity index (χ0v) is 11.6. The summed E-state index contributed by atoms with van der Waals surface area (Å²) in [6.45, 7) is 1.03. The van der Waals surface area contributed by atoms with Gasteiger partial charge in [-0.2, -0.15) is 0 Å². The lowest BCUT2D eigenvalue weighted by molar-refractivity contribution is 0.0943. The summed E-state index contributed by atoms with van der Waals surface area (Å²) in [5, 5.41) is 6.39. The molecule has 3 rings (SSSR count). The van der Waals surface area contributed by atoms with Crippen molar-refractivity contribution in [3.05, 3.63) is 60.6 Å². The maximum Gasteiger partial charge on any atom is 0.273 e. The summed E-state index contributed by atoms with van der Waals surface area (Å²) in [5.41, 5.74) is 0.386. The monoisotopic (exact) mass is 300 g/mol. The molecule has 1 N–H and O–H groups in total. The molecule has 0 atom stereocenters. The fourth-order valence-electron chi connectivity index (χ4n) is 1.98. The van der Waals surface area contributed by atoms with E-state index in [-0.39, 0.29) is 22.9 Å². The van der Waals surface area contributed by atoms with Crippen molar-refractivity contribution in [3.63, 3.8) is 0 Å². The van der Waals surface area contributed by atoms with Gasteiger partial charge in [0.25, 0.3) is 5.91 Å². The number of benzene rings is 1. The predicted octanol–water partition coefficient (Wildman–Crippen LogP) is 2.11. The minimum Gasteiger partial charge on any atom is -0.355 e. The van der Waals surface area contributed by atoms with E-state index < -0.39 is 5.82 Å². The van der Waals surface area contributed by atoms with Gasteiger partial charge in [-0.3, -0.25) is 4.79 Å². The first-order valence-corrected chi connectivity index (χ1v) is 6.69. The predicted molar refractivity (Wildman–Crippen MR) is 76.5 cm³/mol. The van der Waals surface area contributed by atoms with Gasteiger partial charge >= 0.3 is 0 Å². The summed E-state index contributed by atoms with van der Waals surface area (Å²) >= 11 is 0. The lowest BCUT2D eigenvalue weighted by Gasteiger charge is -2.03. The molecule has 0 saturated heterocycles. The highest BCUT2D eigenvalue weighted by Gasteiger charge is 2.15. The van der Waals surface area contributed by atoms with E-state index in [0.29, 0.717) is 13.1 Å². The first-order valence-electron chi connectivity index (χ1n) is 6.69. The summed E-state index contributed by atoms with van der Waals surface area (Å²) < 4.78 is 20.5. The fourth-order valence-corrected chi connectivity index (χ4v) is 1.98. The third-order valence-electron chi connectivity index (χ3n) is 3.10. The molecule has 22 heavy (non-hydrogen) atoms. The van der Waals surface area contributed by atoms with Gasteiger partial charge in [0.15, 0.2) is 11.5 Å². The van der Waals surface area contributed by atoms with Gasteiger partial charge in [-0.05, 0) is 12.1 Å². The van der Waals surface area contributed by atoms with Crippen molar-refractivity contribution in [3.8, 4) is 11.3 Å². The highest BCUT2D eigenvalue weighted by atomic mass is 19.1. The van der Waals surface area contributed by atoms with Gasteiger partial charge in [-0.25, -0.2) is 9.37 Å². The van der Waals surface area contributed by atoms with Crippen LogP contribution in [0.2, 0.25) is 0 Å². The molecule has 2 aromatic heterocycles. The Kier molecular flexibility index (Phi) is 3.95. The number of halogens is 1. The van der Waals surface area contributed by atoms with Gasteiger partial charge < -0.3 is 14.4 Å². The van der Waals surface area contributed by atoms with Crippen molar-refractivity contribution < 1.29 is 13.7 Å². The third-order valence-corrected chi connectivity index (χ3v) is 3.10. The van der Waals surface area contributed by atoms with E-state index in [4.69, 9.17) is 4.52 Å². The molecule has 0 aliphatic heterocycles. The number of carbonyl (C=O) groups is 1. The second kappa shape index (κ2) is 6.21. The lowest BCUT2D eigenvalue weighted by atomic mass is 10.1. The van der Waals surface area contributed by atoms with E-state index in [2.05, 4.69) is 15.5 Å². The molecule has 1 amide bonds. The van der Waals surface area contributed by atoms with Crippen LogP contribution in [-0.2, 0) is 6.54 Å². The summed E-state index contributed by atoms with van der Waals surface area (Å²) in [5.74, 6) is -0.574. The topological polar surface area (TPSA) is 73.0 Å². The first kappa shape index (κ1) is 14.0. The SMILES string of the molecule is O=C(NCCn1ccnc1)c1cc(-c2ccccc2F)on1. The Morgan fingerprint density at radius 1 is 1.36 bits per heavy atom. The molecule has 112 valence electrons. The van der Waals surface area contributed by atoms with Crippen molar-refractivity contribution in [1.29, 1.82) is 0 Å². The quantitative estimate of drug-likeness (QED) is 0.783. The minimum atomic E-state index is -0.425. The minimum absolute atomic E-state index is 0.115. The van der Waals surface area contributed by atoms with E-state index >= 15 is 0 Å². The van der Waals surface area contributed by atoms with E-state index in [1.807, 2.05) is 4.57 Å². The van der Waals surface area contributed by atoms with E-state index in [0.717, 1.165) is 0 Å². The van der Waals surface area contributed by atoms with Crippen molar-refractivity contribution in [2.45, 2.75) is 6.54 Å². The zero-order chi connectivity index (χ0) is 15.4. The maximum atomic E-state index is 13.6. The van der Waals surface area contributed by atoms with Crippen LogP contribution in [0.3, 0.4) is 0 Å². The fraction of sp³-hybridized carbons (Fsp3) is 0.133. The second-order valence-corrected chi connectivity index (χ2v) is 4.61. The molecular formula is C15H13FN4O2. The van der Waals surface area contributed by atoms with Crippen LogP contribution in [0.1, 0.15) is 10.5 Å². The van der Waals surface area contributed by atoms with E-state index in [1.165, 1.54) is 12.1 Å². The molecule has 3 aromatic rings. The first-order chi connectivity index (χ1) is 10.7. The molecular weight excluding hydrogens is 287 g/mol. The zero-order valence-electron chi connectivity index (χ0n) is 11.6. The Hall–Kier alpha value is -2.96. The highest BCUT2D eigenvalue weighted by molar-refractivity contribution is 5.93. The molecule has 2 heterocycles.